The second-order valence-corrected chi connectivity index (χ2v) is 5.17. The molecule has 0 spiro atoms. The van der Waals surface area contributed by atoms with Crippen molar-refractivity contribution in [3.63, 3.8) is 0 Å². The molecule has 0 aliphatic heterocycles. The van der Waals surface area contributed by atoms with Crippen molar-refractivity contribution in [3.8, 4) is 6.07 Å². The standard InChI is InChI=1S/C13H16N4S/c1-4-11-15-12(17(3)9(2)5-7-14)10-6-8-18-13(10)16-11/h6,8-9H,4-5H2,1-3H3. The fourth-order valence-electron chi connectivity index (χ4n) is 1.79. The van der Waals surface area contributed by atoms with Crippen LogP contribution in [-0.2, 0) is 6.42 Å². The topological polar surface area (TPSA) is 52.8 Å². The fraction of sp³-hybridized carbons (Fsp3) is 0.462. The highest BCUT2D eigenvalue weighted by Gasteiger charge is 2.16. The van der Waals surface area contributed by atoms with Crippen molar-refractivity contribution >= 4 is 27.4 Å². The highest BCUT2D eigenvalue weighted by molar-refractivity contribution is 7.16. The van der Waals surface area contributed by atoms with Crippen molar-refractivity contribution < 1.29 is 0 Å². The van der Waals surface area contributed by atoms with Gasteiger partial charge in [0.05, 0.1) is 17.9 Å². The molecule has 4 nitrogen and oxygen atoms in total. The molecule has 2 aromatic rings. The van der Waals surface area contributed by atoms with Gasteiger partial charge in [0.2, 0.25) is 0 Å². The summed E-state index contributed by atoms with van der Waals surface area (Å²) in [7, 11) is 1.99. The Morgan fingerprint density at radius 2 is 2.28 bits per heavy atom. The molecule has 0 saturated heterocycles. The molecule has 5 heteroatoms. The van der Waals surface area contributed by atoms with Crippen LogP contribution in [0.1, 0.15) is 26.1 Å². The minimum Gasteiger partial charge on any atom is -0.355 e. The zero-order chi connectivity index (χ0) is 13.1. The highest BCUT2D eigenvalue weighted by atomic mass is 32.1. The molecule has 0 radical (unpaired) electrons. The second-order valence-electron chi connectivity index (χ2n) is 4.28. The lowest BCUT2D eigenvalue weighted by Crippen LogP contribution is -2.29. The normalized spacial score (nSPS) is 12.3. The number of nitrogens with zero attached hydrogens (tertiary/aromatic N) is 4. The number of nitriles is 1. The first-order chi connectivity index (χ1) is 8.67. The molecule has 0 fully saturated rings. The van der Waals surface area contributed by atoms with Gasteiger partial charge >= 0.3 is 0 Å². The van der Waals surface area contributed by atoms with E-state index in [4.69, 9.17) is 5.26 Å². The summed E-state index contributed by atoms with van der Waals surface area (Å²) in [5, 5.41) is 11.9. The van der Waals surface area contributed by atoms with Crippen molar-refractivity contribution in [1.82, 2.24) is 9.97 Å². The largest absolute Gasteiger partial charge is 0.355 e. The Bertz CT molecular complexity index is 584. The molecule has 2 rings (SSSR count). The zero-order valence-corrected chi connectivity index (χ0v) is 11.7. The summed E-state index contributed by atoms with van der Waals surface area (Å²) in [6.07, 6.45) is 1.31. The summed E-state index contributed by atoms with van der Waals surface area (Å²) in [4.78, 5) is 12.2. The van der Waals surface area contributed by atoms with Gasteiger partial charge in [0.15, 0.2) is 0 Å². The number of aryl methyl sites for hydroxylation is 1. The van der Waals surface area contributed by atoms with Crippen LogP contribution < -0.4 is 4.90 Å². The summed E-state index contributed by atoms with van der Waals surface area (Å²) in [6.45, 7) is 4.09. The molecule has 0 aliphatic carbocycles. The Hall–Kier alpha value is -1.67. The molecule has 0 saturated carbocycles. The number of rotatable bonds is 4. The van der Waals surface area contributed by atoms with Gasteiger partial charge in [-0.1, -0.05) is 6.92 Å². The smallest absolute Gasteiger partial charge is 0.141 e. The average Bonchev–Trinajstić information content (AvgIpc) is 2.84. The third-order valence-corrected chi connectivity index (χ3v) is 3.86. The minimum absolute atomic E-state index is 0.151. The van der Waals surface area contributed by atoms with Gasteiger partial charge in [-0.3, -0.25) is 0 Å². The highest BCUT2D eigenvalue weighted by Crippen LogP contribution is 2.28. The van der Waals surface area contributed by atoms with E-state index >= 15 is 0 Å². The van der Waals surface area contributed by atoms with Crippen molar-refractivity contribution in [2.45, 2.75) is 32.7 Å². The molecule has 2 aromatic heterocycles. The lowest BCUT2D eigenvalue weighted by atomic mass is 10.2. The van der Waals surface area contributed by atoms with E-state index in [0.29, 0.717) is 6.42 Å². The van der Waals surface area contributed by atoms with Gasteiger partial charge < -0.3 is 4.90 Å². The van der Waals surface area contributed by atoms with Gasteiger partial charge in [-0.2, -0.15) is 5.26 Å². The molecule has 0 bridgehead atoms. The summed E-state index contributed by atoms with van der Waals surface area (Å²) in [5.74, 6) is 1.79. The van der Waals surface area contributed by atoms with Crippen LogP contribution in [0.3, 0.4) is 0 Å². The molecular weight excluding hydrogens is 244 g/mol. The van der Waals surface area contributed by atoms with E-state index in [2.05, 4.69) is 27.9 Å². The number of aromatic nitrogens is 2. The first-order valence-electron chi connectivity index (χ1n) is 6.01. The maximum absolute atomic E-state index is 8.80. The van der Waals surface area contributed by atoms with Crippen molar-refractivity contribution in [2.24, 2.45) is 0 Å². The van der Waals surface area contributed by atoms with E-state index in [1.165, 1.54) is 0 Å². The molecule has 1 atom stereocenters. The second kappa shape index (κ2) is 5.32. The van der Waals surface area contributed by atoms with E-state index in [1.54, 1.807) is 11.3 Å². The average molecular weight is 260 g/mol. The molecule has 0 aromatic carbocycles. The van der Waals surface area contributed by atoms with Gasteiger partial charge in [0.25, 0.3) is 0 Å². The van der Waals surface area contributed by atoms with Gasteiger partial charge in [-0.15, -0.1) is 11.3 Å². The molecule has 2 heterocycles. The van der Waals surface area contributed by atoms with Gasteiger partial charge in [-0.25, -0.2) is 9.97 Å². The molecule has 0 aliphatic rings. The molecule has 94 valence electrons. The van der Waals surface area contributed by atoms with Crippen molar-refractivity contribution in [2.75, 3.05) is 11.9 Å². The quantitative estimate of drug-likeness (QED) is 0.848. The van der Waals surface area contributed by atoms with E-state index < -0.39 is 0 Å². The maximum Gasteiger partial charge on any atom is 0.141 e. The predicted molar refractivity (Wildman–Crippen MR) is 74.9 cm³/mol. The molecule has 18 heavy (non-hydrogen) atoms. The minimum atomic E-state index is 0.151. The summed E-state index contributed by atoms with van der Waals surface area (Å²) in [5.41, 5.74) is 0. The predicted octanol–water partition coefficient (Wildman–Crippen LogP) is 2.99. The summed E-state index contributed by atoms with van der Waals surface area (Å²) in [6, 6.07) is 4.40. The van der Waals surface area contributed by atoms with E-state index in [1.807, 2.05) is 25.4 Å². The lowest BCUT2D eigenvalue weighted by Gasteiger charge is -2.24. The van der Waals surface area contributed by atoms with E-state index in [9.17, 15) is 0 Å². The number of thiophene rings is 1. The summed E-state index contributed by atoms with van der Waals surface area (Å²) < 4.78 is 0. The SMILES string of the molecule is CCc1nc(N(C)C(C)CC#N)c2ccsc2n1. The van der Waals surface area contributed by atoms with Crippen LogP contribution in [-0.4, -0.2) is 23.1 Å². The molecule has 0 amide bonds. The van der Waals surface area contributed by atoms with Gasteiger partial charge in [0, 0.05) is 19.5 Å². The van der Waals surface area contributed by atoms with Crippen LogP contribution in [0.4, 0.5) is 5.82 Å². The zero-order valence-electron chi connectivity index (χ0n) is 10.8. The maximum atomic E-state index is 8.80. The Kier molecular flexibility index (Phi) is 3.78. The van der Waals surface area contributed by atoms with Crippen LogP contribution in [0.25, 0.3) is 10.2 Å². The number of anilines is 1. The van der Waals surface area contributed by atoms with Crippen molar-refractivity contribution in [1.29, 1.82) is 5.26 Å². The Morgan fingerprint density at radius 3 is 2.94 bits per heavy atom. The third kappa shape index (κ3) is 2.29. The third-order valence-electron chi connectivity index (χ3n) is 3.05. The Morgan fingerprint density at radius 1 is 1.50 bits per heavy atom. The van der Waals surface area contributed by atoms with Crippen LogP contribution >= 0.6 is 11.3 Å². The van der Waals surface area contributed by atoms with Crippen LogP contribution in [0, 0.1) is 11.3 Å². The first kappa shape index (κ1) is 12.8. The van der Waals surface area contributed by atoms with E-state index in [-0.39, 0.29) is 6.04 Å². The first-order valence-corrected chi connectivity index (χ1v) is 6.89. The van der Waals surface area contributed by atoms with Crippen molar-refractivity contribution in [3.05, 3.63) is 17.3 Å². The van der Waals surface area contributed by atoms with Crippen LogP contribution in [0.2, 0.25) is 0 Å². The molecule has 1 unspecified atom stereocenters. The number of fused-ring (bicyclic) bond motifs is 1. The number of hydrogen-bond donors (Lipinski definition) is 0. The Balaban J connectivity index is 2.48. The number of hydrogen-bond acceptors (Lipinski definition) is 5. The van der Waals surface area contributed by atoms with Crippen LogP contribution in [0.5, 0.6) is 0 Å². The molecular formula is C13H16N4S. The monoisotopic (exact) mass is 260 g/mol. The summed E-state index contributed by atoms with van der Waals surface area (Å²) >= 11 is 1.63. The lowest BCUT2D eigenvalue weighted by molar-refractivity contribution is 0.693. The van der Waals surface area contributed by atoms with E-state index in [0.717, 1.165) is 28.3 Å². The molecule has 0 N–H and O–H groups in total. The van der Waals surface area contributed by atoms with Gasteiger partial charge in [-0.05, 0) is 18.4 Å². The fourth-order valence-corrected chi connectivity index (χ4v) is 2.56. The van der Waals surface area contributed by atoms with Gasteiger partial charge in [0.1, 0.15) is 16.5 Å². The Labute approximate surface area is 111 Å². The van der Waals surface area contributed by atoms with Crippen LogP contribution in [0.15, 0.2) is 11.4 Å².